The quantitative estimate of drug-likeness (QED) is 0.578. The summed E-state index contributed by atoms with van der Waals surface area (Å²) in [7, 11) is 0. The van der Waals surface area contributed by atoms with E-state index in [0.29, 0.717) is 6.54 Å². The van der Waals surface area contributed by atoms with Gasteiger partial charge in [-0.15, -0.1) is 0 Å². The molecule has 0 spiro atoms. The van der Waals surface area contributed by atoms with E-state index in [0.717, 1.165) is 48.8 Å². The van der Waals surface area contributed by atoms with Gasteiger partial charge in [-0.05, 0) is 57.2 Å². The molecule has 0 radical (unpaired) electrons. The Balaban J connectivity index is 1.62. The molecule has 1 aliphatic carbocycles. The second-order valence-corrected chi connectivity index (χ2v) is 7.28. The molecule has 1 aromatic rings. The Morgan fingerprint density at radius 2 is 2.07 bits per heavy atom. The molecule has 2 N–H and O–H groups in total. The van der Waals surface area contributed by atoms with Crippen LogP contribution >= 0.6 is 0 Å². The summed E-state index contributed by atoms with van der Waals surface area (Å²) < 4.78 is 27.6. The molecule has 1 heterocycles. The third-order valence-corrected chi connectivity index (χ3v) is 5.20. The van der Waals surface area contributed by atoms with Crippen molar-refractivity contribution in [1.29, 1.82) is 0 Å². The Morgan fingerprint density at radius 3 is 2.79 bits per heavy atom. The summed E-state index contributed by atoms with van der Waals surface area (Å²) in [4.78, 5) is 37.8. The number of imide groups is 1. The van der Waals surface area contributed by atoms with E-state index in [1.165, 1.54) is 18.9 Å². The number of carbonyl (C=O) groups is 3. The van der Waals surface area contributed by atoms with Crippen LogP contribution in [0.25, 0.3) is 0 Å². The van der Waals surface area contributed by atoms with E-state index in [-0.39, 0.29) is 5.56 Å². The highest BCUT2D eigenvalue weighted by atomic mass is 19.1. The number of carbonyl (C=O) groups excluding carboxylic acids is 3. The number of allylic oxidation sites excluding steroid dienone is 1. The highest BCUT2D eigenvalue weighted by molar-refractivity contribution is 6.09. The van der Waals surface area contributed by atoms with Crippen LogP contribution in [0.2, 0.25) is 0 Å². The molecule has 6 nitrogen and oxygen atoms in total. The van der Waals surface area contributed by atoms with Gasteiger partial charge in [-0.3, -0.25) is 14.5 Å². The normalized spacial score (nSPS) is 22.1. The smallest absolute Gasteiger partial charge is 0.325 e. The zero-order valence-corrected chi connectivity index (χ0v) is 15.7. The fourth-order valence-electron chi connectivity index (χ4n) is 3.60. The molecular formula is C20H23F2N3O3. The van der Waals surface area contributed by atoms with Crippen LogP contribution in [0.4, 0.5) is 13.6 Å². The summed E-state index contributed by atoms with van der Waals surface area (Å²) in [6.07, 6.45) is 7.34. The lowest BCUT2D eigenvalue weighted by Gasteiger charge is -2.22. The minimum absolute atomic E-state index is 0.280. The molecule has 1 atom stereocenters. The van der Waals surface area contributed by atoms with Crippen LogP contribution in [-0.4, -0.2) is 35.8 Å². The average Bonchev–Trinajstić information content (AvgIpc) is 2.88. The van der Waals surface area contributed by atoms with E-state index in [1.807, 2.05) is 0 Å². The Labute approximate surface area is 162 Å². The van der Waals surface area contributed by atoms with Gasteiger partial charge in [0.15, 0.2) is 0 Å². The molecule has 4 amide bonds. The maximum Gasteiger partial charge on any atom is 0.325 e. The number of nitrogens with zero attached hydrogens (tertiary/aromatic N) is 1. The van der Waals surface area contributed by atoms with Crippen LogP contribution in [0, 0.1) is 11.6 Å². The summed E-state index contributed by atoms with van der Waals surface area (Å²) in [5, 5.41) is 5.07. The summed E-state index contributed by atoms with van der Waals surface area (Å²) in [5.41, 5.74) is -0.745. The van der Waals surface area contributed by atoms with E-state index in [4.69, 9.17) is 0 Å². The van der Waals surface area contributed by atoms with Crippen molar-refractivity contribution in [3.05, 3.63) is 47.0 Å². The van der Waals surface area contributed by atoms with Crippen molar-refractivity contribution >= 4 is 17.8 Å². The molecule has 0 saturated carbocycles. The minimum atomic E-state index is -1.77. The Bertz CT molecular complexity index is 840. The summed E-state index contributed by atoms with van der Waals surface area (Å²) >= 11 is 0. The van der Waals surface area contributed by atoms with Gasteiger partial charge >= 0.3 is 6.03 Å². The first-order valence-electron chi connectivity index (χ1n) is 9.35. The number of halogens is 2. The molecule has 1 saturated heterocycles. The van der Waals surface area contributed by atoms with Gasteiger partial charge in [-0.1, -0.05) is 11.6 Å². The lowest BCUT2D eigenvalue weighted by molar-refractivity contribution is -0.134. The van der Waals surface area contributed by atoms with Gasteiger partial charge in [-0.2, -0.15) is 0 Å². The third-order valence-electron chi connectivity index (χ3n) is 5.20. The van der Waals surface area contributed by atoms with Crippen molar-refractivity contribution in [1.82, 2.24) is 15.5 Å². The number of urea groups is 1. The van der Waals surface area contributed by atoms with Gasteiger partial charge in [-0.25, -0.2) is 13.6 Å². The van der Waals surface area contributed by atoms with Crippen molar-refractivity contribution in [2.75, 3.05) is 13.1 Å². The first-order valence-corrected chi connectivity index (χ1v) is 9.35. The number of benzene rings is 1. The predicted octanol–water partition coefficient (Wildman–Crippen LogP) is 2.74. The number of rotatable bonds is 6. The zero-order valence-electron chi connectivity index (χ0n) is 15.7. The molecule has 1 aliphatic heterocycles. The van der Waals surface area contributed by atoms with E-state index >= 15 is 0 Å². The fraction of sp³-hybridized carbons (Fsp3) is 0.450. The maximum atomic E-state index is 14.1. The van der Waals surface area contributed by atoms with E-state index in [2.05, 4.69) is 16.7 Å². The first kappa shape index (κ1) is 20.0. The molecule has 8 heteroatoms. The standard InChI is InChI=1S/C20H23F2N3O3/c1-20(15-11-14(21)7-8-16(15)22)18(27)25(19(28)24-20)12-17(26)23-10-9-13-5-3-2-4-6-13/h5,7-8,11H,2-4,6,9-10,12H2,1H3,(H,23,26)(H,24,28)/t20-/m1/s1. The summed E-state index contributed by atoms with van der Waals surface area (Å²) in [6.45, 7) is 1.24. The topological polar surface area (TPSA) is 78.5 Å². The molecule has 28 heavy (non-hydrogen) atoms. The second-order valence-electron chi connectivity index (χ2n) is 7.28. The fourth-order valence-corrected chi connectivity index (χ4v) is 3.60. The van der Waals surface area contributed by atoms with Gasteiger partial charge in [0.05, 0.1) is 0 Å². The van der Waals surface area contributed by atoms with Crippen molar-refractivity contribution in [2.24, 2.45) is 0 Å². The Hall–Kier alpha value is -2.77. The third kappa shape index (κ3) is 4.05. The van der Waals surface area contributed by atoms with Gasteiger partial charge in [0.25, 0.3) is 5.91 Å². The van der Waals surface area contributed by atoms with Gasteiger partial charge in [0, 0.05) is 12.1 Å². The van der Waals surface area contributed by atoms with Gasteiger partial charge in [0.1, 0.15) is 23.7 Å². The number of amides is 4. The first-order chi connectivity index (χ1) is 13.3. The van der Waals surface area contributed by atoms with Crippen molar-refractivity contribution in [2.45, 2.75) is 44.6 Å². The van der Waals surface area contributed by atoms with Gasteiger partial charge in [0.2, 0.25) is 5.91 Å². The Morgan fingerprint density at radius 1 is 1.29 bits per heavy atom. The highest BCUT2D eigenvalue weighted by Gasteiger charge is 2.50. The Kier molecular flexibility index (Phi) is 5.76. The molecule has 150 valence electrons. The molecular weight excluding hydrogens is 368 g/mol. The number of hydrogen-bond acceptors (Lipinski definition) is 3. The van der Waals surface area contributed by atoms with Crippen LogP contribution < -0.4 is 10.6 Å². The SMILES string of the molecule is C[C@]1(c2cc(F)ccc2F)NC(=O)N(CC(=O)NCCC2=CCCCC2)C1=O. The summed E-state index contributed by atoms with van der Waals surface area (Å²) in [6, 6.07) is 1.87. The molecule has 2 aliphatic rings. The molecule has 1 aromatic carbocycles. The molecule has 0 unspecified atom stereocenters. The van der Waals surface area contributed by atoms with Crippen molar-refractivity contribution in [3.8, 4) is 0 Å². The van der Waals surface area contributed by atoms with E-state index in [1.54, 1.807) is 0 Å². The molecule has 1 fully saturated rings. The van der Waals surface area contributed by atoms with Crippen LogP contribution in [0.15, 0.2) is 29.8 Å². The van der Waals surface area contributed by atoms with Gasteiger partial charge < -0.3 is 10.6 Å². The zero-order chi connectivity index (χ0) is 20.3. The maximum absolute atomic E-state index is 14.1. The predicted molar refractivity (Wildman–Crippen MR) is 98.1 cm³/mol. The monoisotopic (exact) mass is 391 g/mol. The van der Waals surface area contributed by atoms with E-state index < -0.39 is 41.6 Å². The van der Waals surface area contributed by atoms with Crippen LogP contribution in [0.3, 0.4) is 0 Å². The minimum Gasteiger partial charge on any atom is -0.354 e. The lowest BCUT2D eigenvalue weighted by atomic mass is 9.91. The largest absolute Gasteiger partial charge is 0.354 e. The molecule has 3 rings (SSSR count). The molecule has 0 aromatic heterocycles. The van der Waals surface area contributed by atoms with Crippen LogP contribution in [-0.2, 0) is 15.1 Å². The number of hydrogen-bond donors (Lipinski definition) is 2. The van der Waals surface area contributed by atoms with Crippen LogP contribution in [0.1, 0.15) is 44.6 Å². The highest BCUT2D eigenvalue weighted by Crippen LogP contribution is 2.31. The van der Waals surface area contributed by atoms with Crippen LogP contribution in [0.5, 0.6) is 0 Å². The van der Waals surface area contributed by atoms with Crippen molar-refractivity contribution < 1.29 is 23.2 Å². The summed E-state index contributed by atoms with van der Waals surface area (Å²) in [5.74, 6) is -2.83. The van der Waals surface area contributed by atoms with Crippen molar-refractivity contribution in [3.63, 3.8) is 0 Å². The molecule has 0 bridgehead atoms. The second kappa shape index (κ2) is 8.08. The number of nitrogens with one attached hydrogen (secondary N) is 2. The van der Waals surface area contributed by atoms with E-state index in [9.17, 15) is 23.2 Å². The lowest BCUT2D eigenvalue weighted by Crippen LogP contribution is -2.43. The average molecular weight is 391 g/mol.